The fourth-order valence-corrected chi connectivity index (χ4v) is 7.99. The van der Waals surface area contributed by atoms with Gasteiger partial charge in [-0.2, -0.15) is 0 Å². The maximum absolute atomic E-state index is 13.2. The number of unbranched alkanes of at least 4 members (excludes halogenated alkanes) is 24. The van der Waals surface area contributed by atoms with E-state index < -0.39 is 18.2 Å². The topological polar surface area (TPSA) is 95.9 Å². The van der Waals surface area contributed by atoms with Crippen molar-refractivity contribution in [3.05, 3.63) is 72.9 Å². The second-order valence-corrected chi connectivity index (χ2v) is 18.3. The van der Waals surface area contributed by atoms with Gasteiger partial charge in [-0.15, -0.1) is 0 Å². The van der Waals surface area contributed by atoms with Crippen molar-refractivity contribution in [2.75, 3.05) is 6.61 Å². The molecule has 0 fully saturated rings. The van der Waals surface area contributed by atoms with Crippen LogP contribution in [0, 0.1) is 0 Å². The predicted molar refractivity (Wildman–Crippen MR) is 278 cm³/mol. The highest BCUT2D eigenvalue weighted by Gasteiger charge is 2.24. The zero-order chi connectivity index (χ0) is 46.7. The van der Waals surface area contributed by atoms with Crippen molar-refractivity contribution in [2.45, 2.75) is 277 Å². The Morgan fingerprint density at radius 2 is 0.812 bits per heavy atom. The van der Waals surface area contributed by atoms with Gasteiger partial charge in [-0.25, -0.2) is 0 Å². The van der Waals surface area contributed by atoms with E-state index in [-0.39, 0.29) is 31.3 Å². The molecule has 3 atom stereocenters. The van der Waals surface area contributed by atoms with E-state index in [4.69, 9.17) is 4.74 Å². The van der Waals surface area contributed by atoms with Crippen molar-refractivity contribution >= 4 is 11.9 Å². The van der Waals surface area contributed by atoms with Crippen LogP contribution in [0.25, 0.3) is 0 Å². The summed E-state index contributed by atoms with van der Waals surface area (Å²) in [5.74, 6) is -0.568. The predicted octanol–water partition coefficient (Wildman–Crippen LogP) is 16.6. The van der Waals surface area contributed by atoms with Gasteiger partial charge in [-0.3, -0.25) is 9.59 Å². The molecular formula is C58H103NO5. The summed E-state index contributed by atoms with van der Waals surface area (Å²) in [4.78, 5) is 26.2. The highest BCUT2D eigenvalue weighted by atomic mass is 16.5. The number of carbonyl (C=O) groups is 2. The number of amides is 1. The van der Waals surface area contributed by atoms with E-state index in [2.05, 4.69) is 92.9 Å². The molecule has 6 heteroatoms. The first kappa shape index (κ1) is 61.3. The summed E-state index contributed by atoms with van der Waals surface area (Å²) in [5, 5.41) is 23.8. The molecule has 64 heavy (non-hydrogen) atoms. The van der Waals surface area contributed by atoms with E-state index >= 15 is 0 Å². The second-order valence-electron chi connectivity index (χ2n) is 18.3. The van der Waals surface area contributed by atoms with Gasteiger partial charge in [0.15, 0.2) is 0 Å². The molecule has 0 aliphatic rings. The Morgan fingerprint density at radius 1 is 0.469 bits per heavy atom. The van der Waals surface area contributed by atoms with Gasteiger partial charge in [0.25, 0.3) is 0 Å². The van der Waals surface area contributed by atoms with Crippen molar-refractivity contribution in [1.29, 1.82) is 0 Å². The number of carbonyl (C=O) groups excluding carboxylic acids is 2. The molecular weight excluding hydrogens is 791 g/mol. The number of nitrogens with one attached hydrogen (secondary N) is 1. The number of hydrogen-bond acceptors (Lipinski definition) is 5. The third-order valence-corrected chi connectivity index (χ3v) is 12.1. The number of esters is 1. The largest absolute Gasteiger partial charge is 0.462 e. The van der Waals surface area contributed by atoms with Crippen LogP contribution in [0.3, 0.4) is 0 Å². The SMILES string of the molecule is CC/C=C\C/C=C\C/C=C\C/C=C\C/C=C\C/C=C\CCC(=O)OC(CCCCCCCCCCCCCCCC)CC(=O)NC(CO)C(O)CCCCCCCCCCCCCC. The fourth-order valence-electron chi connectivity index (χ4n) is 7.99. The maximum Gasteiger partial charge on any atom is 0.306 e. The van der Waals surface area contributed by atoms with Crippen LogP contribution in [0.4, 0.5) is 0 Å². The second kappa shape index (κ2) is 51.3. The minimum Gasteiger partial charge on any atom is -0.462 e. The van der Waals surface area contributed by atoms with Crippen LogP contribution in [0.2, 0.25) is 0 Å². The highest BCUT2D eigenvalue weighted by molar-refractivity contribution is 5.77. The molecule has 0 aliphatic carbocycles. The average Bonchev–Trinajstić information content (AvgIpc) is 3.29. The molecule has 0 rings (SSSR count). The molecule has 0 saturated carbocycles. The molecule has 3 unspecified atom stereocenters. The molecule has 6 nitrogen and oxygen atoms in total. The van der Waals surface area contributed by atoms with Crippen molar-refractivity contribution in [2.24, 2.45) is 0 Å². The third kappa shape index (κ3) is 45.9. The van der Waals surface area contributed by atoms with E-state index in [9.17, 15) is 19.8 Å². The monoisotopic (exact) mass is 894 g/mol. The lowest BCUT2D eigenvalue weighted by Gasteiger charge is -2.24. The van der Waals surface area contributed by atoms with Crippen molar-refractivity contribution in [3.63, 3.8) is 0 Å². The van der Waals surface area contributed by atoms with Gasteiger partial charge in [0.05, 0.1) is 25.2 Å². The zero-order valence-corrected chi connectivity index (χ0v) is 42.1. The van der Waals surface area contributed by atoms with Gasteiger partial charge >= 0.3 is 5.97 Å². The molecule has 0 aliphatic heterocycles. The minimum absolute atomic E-state index is 0.0475. The van der Waals surface area contributed by atoms with Gasteiger partial charge in [0.1, 0.15) is 6.10 Å². The Bertz CT molecular complexity index is 1190. The molecule has 0 spiro atoms. The molecule has 0 aromatic heterocycles. The first-order valence-corrected chi connectivity index (χ1v) is 27.2. The van der Waals surface area contributed by atoms with Crippen molar-refractivity contribution in [1.82, 2.24) is 5.32 Å². The van der Waals surface area contributed by atoms with E-state index in [0.717, 1.165) is 77.0 Å². The van der Waals surface area contributed by atoms with Crippen LogP contribution in [0.1, 0.15) is 258 Å². The molecule has 1 amide bonds. The fraction of sp³-hybridized carbons (Fsp3) is 0.759. The highest BCUT2D eigenvalue weighted by Crippen LogP contribution is 2.18. The van der Waals surface area contributed by atoms with Gasteiger partial charge in [-0.05, 0) is 64.2 Å². The van der Waals surface area contributed by atoms with Crippen LogP contribution in [-0.4, -0.2) is 46.9 Å². The van der Waals surface area contributed by atoms with Crippen molar-refractivity contribution in [3.8, 4) is 0 Å². The van der Waals surface area contributed by atoms with E-state index in [1.807, 2.05) is 6.08 Å². The molecule has 3 N–H and O–H groups in total. The number of ether oxygens (including phenoxy) is 1. The standard InChI is InChI=1S/C58H103NO5/c1-4-7-10-13-16-19-22-25-27-28-29-30-31-33-36-39-42-45-48-51-58(63)64-54(49-46-43-40-37-34-32-26-23-20-17-14-11-8-5-2)52-57(62)59-55(53-60)56(61)50-47-44-41-38-35-24-21-18-15-12-9-6-3/h7,10,16,19,25,27,29-30,33,36,42,45,54-56,60-61H,4-6,8-9,11-15,17-18,20-24,26,28,31-32,34-35,37-41,43-44,46-53H2,1-3H3,(H,59,62)/b10-7-,19-16-,27-25-,30-29-,36-33-,45-42-. The number of allylic oxidation sites excluding steroid dienone is 12. The van der Waals surface area contributed by atoms with Crippen LogP contribution in [-0.2, 0) is 14.3 Å². The average molecular weight is 894 g/mol. The molecule has 0 bridgehead atoms. The maximum atomic E-state index is 13.2. The molecule has 0 heterocycles. The van der Waals surface area contributed by atoms with Gasteiger partial charge in [0, 0.05) is 6.42 Å². The first-order chi connectivity index (χ1) is 31.5. The van der Waals surface area contributed by atoms with Crippen molar-refractivity contribution < 1.29 is 24.5 Å². The van der Waals surface area contributed by atoms with E-state index in [0.29, 0.717) is 19.3 Å². The summed E-state index contributed by atoms with van der Waals surface area (Å²) in [6.45, 7) is 6.36. The Kier molecular flexibility index (Phi) is 49.1. The quantitative estimate of drug-likeness (QED) is 0.0321. The van der Waals surface area contributed by atoms with E-state index in [1.54, 1.807) is 0 Å². The summed E-state index contributed by atoms with van der Waals surface area (Å²) in [7, 11) is 0. The van der Waals surface area contributed by atoms with Gasteiger partial charge in [0.2, 0.25) is 5.91 Å². The number of aliphatic hydroxyl groups is 2. The van der Waals surface area contributed by atoms with Gasteiger partial charge < -0.3 is 20.3 Å². The van der Waals surface area contributed by atoms with Crippen LogP contribution < -0.4 is 5.32 Å². The molecule has 0 aromatic carbocycles. The summed E-state index contributed by atoms with van der Waals surface area (Å²) < 4.78 is 5.91. The molecule has 0 aromatic rings. The summed E-state index contributed by atoms with van der Waals surface area (Å²) in [5.41, 5.74) is 0. The summed E-state index contributed by atoms with van der Waals surface area (Å²) in [6, 6.07) is -0.717. The molecule has 0 radical (unpaired) electrons. The Hall–Kier alpha value is -2.70. The van der Waals surface area contributed by atoms with Crippen LogP contribution in [0.5, 0.6) is 0 Å². The summed E-state index contributed by atoms with van der Waals surface area (Å²) >= 11 is 0. The smallest absolute Gasteiger partial charge is 0.306 e. The lowest BCUT2D eigenvalue weighted by molar-refractivity contribution is -0.150. The number of aliphatic hydroxyl groups excluding tert-OH is 2. The first-order valence-electron chi connectivity index (χ1n) is 27.2. The third-order valence-electron chi connectivity index (χ3n) is 12.1. The summed E-state index contributed by atoms with van der Waals surface area (Å²) in [6.07, 6.45) is 65.4. The normalized spacial score (nSPS) is 13.8. The lowest BCUT2D eigenvalue weighted by Crippen LogP contribution is -2.46. The minimum atomic E-state index is -0.801. The Morgan fingerprint density at radius 3 is 1.19 bits per heavy atom. The number of hydrogen-bond donors (Lipinski definition) is 3. The van der Waals surface area contributed by atoms with Crippen LogP contribution >= 0.6 is 0 Å². The molecule has 0 saturated heterocycles. The Labute approximate surface area is 396 Å². The lowest BCUT2D eigenvalue weighted by atomic mass is 10.0. The zero-order valence-electron chi connectivity index (χ0n) is 42.1. The van der Waals surface area contributed by atoms with E-state index in [1.165, 1.54) is 128 Å². The van der Waals surface area contributed by atoms with Gasteiger partial charge in [-0.1, -0.05) is 254 Å². The van der Waals surface area contributed by atoms with Crippen LogP contribution in [0.15, 0.2) is 72.9 Å². The molecule has 370 valence electrons. The Balaban J connectivity index is 4.68. The number of rotatable bonds is 48.